The van der Waals surface area contributed by atoms with Crippen molar-refractivity contribution in [3.8, 4) is 11.5 Å². The van der Waals surface area contributed by atoms with E-state index in [4.69, 9.17) is 10.6 Å². The zero-order chi connectivity index (χ0) is 9.84. The highest BCUT2D eigenvalue weighted by Crippen LogP contribution is 2.26. The molecule has 0 radical (unpaired) electrons. The fourth-order valence-corrected chi connectivity index (χ4v) is 0.848. The van der Waals surface area contributed by atoms with E-state index in [-0.39, 0.29) is 11.4 Å². The Morgan fingerprint density at radius 1 is 1.38 bits per heavy atom. The van der Waals surface area contributed by atoms with E-state index in [0.29, 0.717) is 5.75 Å². The van der Waals surface area contributed by atoms with Crippen molar-refractivity contribution in [2.75, 3.05) is 7.11 Å². The molecule has 13 heavy (non-hydrogen) atoms. The third kappa shape index (κ3) is 2.06. The molecular weight excluding hydrogens is 176 g/mol. The highest BCUT2D eigenvalue weighted by Gasteiger charge is 2.10. The lowest BCUT2D eigenvalue weighted by molar-refractivity contribution is -0.385. The van der Waals surface area contributed by atoms with Crippen LogP contribution in [-0.4, -0.2) is 12.0 Å². The van der Waals surface area contributed by atoms with E-state index in [1.54, 1.807) is 0 Å². The van der Waals surface area contributed by atoms with Crippen LogP contribution >= 0.6 is 0 Å². The topological polar surface area (TPSA) is 87.6 Å². The number of nitro benzene ring substituents is 1. The predicted molar refractivity (Wildman–Crippen MR) is 44.5 cm³/mol. The van der Waals surface area contributed by atoms with E-state index in [1.165, 1.54) is 25.3 Å². The quantitative estimate of drug-likeness (QED) is 0.555. The van der Waals surface area contributed by atoms with Crippen molar-refractivity contribution in [2.24, 2.45) is 5.90 Å². The molecule has 0 aliphatic heterocycles. The van der Waals surface area contributed by atoms with Crippen molar-refractivity contribution in [3.63, 3.8) is 0 Å². The number of benzene rings is 1. The van der Waals surface area contributed by atoms with Gasteiger partial charge in [0.1, 0.15) is 5.75 Å². The van der Waals surface area contributed by atoms with Crippen LogP contribution in [0.2, 0.25) is 0 Å². The van der Waals surface area contributed by atoms with Crippen molar-refractivity contribution in [3.05, 3.63) is 28.3 Å². The normalized spacial score (nSPS) is 9.38. The Morgan fingerprint density at radius 3 is 2.46 bits per heavy atom. The Hall–Kier alpha value is -1.82. The highest BCUT2D eigenvalue weighted by molar-refractivity contribution is 5.45. The van der Waals surface area contributed by atoms with Gasteiger partial charge >= 0.3 is 0 Å². The van der Waals surface area contributed by atoms with E-state index in [2.05, 4.69) is 4.84 Å². The highest BCUT2D eigenvalue weighted by atomic mass is 16.6. The number of rotatable bonds is 3. The van der Waals surface area contributed by atoms with Gasteiger partial charge in [0.05, 0.1) is 24.2 Å². The first-order valence-corrected chi connectivity index (χ1v) is 3.37. The van der Waals surface area contributed by atoms with Gasteiger partial charge in [0.25, 0.3) is 5.69 Å². The summed E-state index contributed by atoms with van der Waals surface area (Å²) in [5, 5.41) is 10.4. The van der Waals surface area contributed by atoms with Gasteiger partial charge in [-0.3, -0.25) is 10.1 Å². The van der Waals surface area contributed by atoms with Crippen LogP contribution in [-0.2, 0) is 0 Å². The van der Waals surface area contributed by atoms with Crippen molar-refractivity contribution in [1.29, 1.82) is 0 Å². The van der Waals surface area contributed by atoms with Crippen LogP contribution in [0.5, 0.6) is 11.5 Å². The summed E-state index contributed by atoms with van der Waals surface area (Å²) in [7, 11) is 1.40. The molecule has 0 heterocycles. The summed E-state index contributed by atoms with van der Waals surface area (Å²) in [6.07, 6.45) is 0. The molecular formula is C7H8N2O4. The van der Waals surface area contributed by atoms with Crippen LogP contribution in [0.4, 0.5) is 5.69 Å². The molecule has 70 valence electrons. The largest absolute Gasteiger partial charge is 0.496 e. The van der Waals surface area contributed by atoms with E-state index in [1.807, 2.05) is 0 Å². The molecule has 0 saturated heterocycles. The summed E-state index contributed by atoms with van der Waals surface area (Å²) >= 11 is 0. The predicted octanol–water partition coefficient (Wildman–Crippen LogP) is 0.856. The number of methoxy groups -OCH3 is 1. The van der Waals surface area contributed by atoms with E-state index in [9.17, 15) is 10.1 Å². The number of ether oxygens (including phenoxy) is 1. The standard InChI is InChI=1S/C7H8N2O4/c1-12-6-2-5(9(10)11)3-7(4-6)13-8/h2-4H,8H2,1H3. The molecule has 0 saturated carbocycles. The first-order chi connectivity index (χ1) is 6.17. The van der Waals surface area contributed by atoms with Crippen molar-refractivity contribution < 1.29 is 14.5 Å². The van der Waals surface area contributed by atoms with Crippen molar-refractivity contribution >= 4 is 5.69 Å². The lowest BCUT2D eigenvalue weighted by Gasteiger charge is -2.02. The minimum Gasteiger partial charge on any atom is -0.496 e. The van der Waals surface area contributed by atoms with Crippen LogP contribution in [0.1, 0.15) is 0 Å². The maximum Gasteiger partial charge on any atom is 0.276 e. The molecule has 0 spiro atoms. The van der Waals surface area contributed by atoms with Gasteiger partial charge in [-0.1, -0.05) is 0 Å². The Labute approximate surface area is 74.0 Å². The second-order valence-corrected chi connectivity index (χ2v) is 2.24. The minimum atomic E-state index is -0.551. The number of nitrogens with zero attached hydrogens (tertiary/aromatic N) is 1. The fourth-order valence-electron chi connectivity index (χ4n) is 0.848. The number of nitrogens with two attached hydrogens (primary N) is 1. The summed E-state index contributed by atoms with van der Waals surface area (Å²) in [6.45, 7) is 0. The average Bonchev–Trinajstić information content (AvgIpc) is 2.16. The Morgan fingerprint density at radius 2 is 2.00 bits per heavy atom. The molecule has 6 heteroatoms. The smallest absolute Gasteiger partial charge is 0.276 e. The van der Waals surface area contributed by atoms with Gasteiger partial charge in [-0.15, -0.1) is 0 Å². The molecule has 0 atom stereocenters. The summed E-state index contributed by atoms with van der Waals surface area (Å²) in [5.74, 6) is 5.38. The minimum absolute atomic E-state index is 0.125. The van der Waals surface area contributed by atoms with Gasteiger partial charge in [-0.05, 0) is 0 Å². The zero-order valence-electron chi connectivity index (χ0n) is 6.89. The van der Waals surface area contributed by atoms with Crippen molar-refractivity contribution in [1.82, 2.24) is 0 Å². The molecule has 1 aromatic carbocycles. The van der Waals surface area contributed by atoms with Gasteiger partial charge < -0.3 is 9.57 Å². The van der Waals surface area contributed by atoms with Crippen LogP contribution in [0, 0.1) is 10.1 Å². The van der Waals surface area contributed by atoms with E-state index in [0.717, 1.165) is 0 Å². The number of nitro groups is 1. The monoisotopic (exact) mass is 184 g/mol. The lowest BCUT2D eigenvalue weighted by Crippen LogP contribution is -2.02. The van der Waals surface area contributed by atoms with Gasteiger partial charge in [-0.2, -0.15) is 5.90 Å². The summed E-state index contributed by atoms with van der Waals surface area (Å²) in [4.78, 5) is 14.2. The van der Waals surface area contributed by atoms with Crippen molar-refractivity contribution in [2.45, 2.75) is 0 Å². The molecule has 6 nitrogen and oxygen atoms in total. The summed E-state index contributed by atoms with van der Waals surface area (Å²) in [6, 6.07) is 3.94. The fraction of sp³-hybridized carbons (Fsp3) is 0.143. The van der Waals surface area contributed by atoms with Gasteiger partial charge in [-0.25, -0.2) is 0 Å². The molecule has 0 aliphatic rings. The lowest BCUT2D eigenvalue weighted by atomic mass is 10.3. The summed E-state index contributed by atoms with van der Waals surface area (Å²) in [5.41, 5.74) is -0.125. The molecule has 2 N–H and O–H groups in total. The molecule has 0 aromatic heterocycles. The third-order valence-electron chi connectivity index (χ3n) is 1.45. The molecule has 0 bridgehead atoms. The van der Waals surface area contributed by atoms with Crippen LogP contribution in [0.15, 0.2) is 18.2 Å². The molecule has 0 fully saturated rings. The second-order valence-electron chi connectivity index (χ2n) is 2.24. The van der Waals surface area contributed by atoms with Crippen LogP contribution in [0.25, 0.3) is 0 Å². The number of hydrogen-bond donors (Lipinski definition) is 1. The molecule has 0 aliphatic carbocycles. The van der Waals surface area contributed by atoms with Gasteiger partial charge in [0, 0.05) is 6.07 Å². The Kier molecular flexibility index (Phi) is 2.65. The van der Waals surface area contributed by atoms with Crippen LogP contribution in [0.3, 0.4) is 0 Å². The first kappa shape index (κ1) is 9.27. The SMILES string of the molecule is COc1cc(ON)cc([N+](=O)[O-])c1. The van der Waals surface area contributed by atoms with Gasteiger partial charge in [0.15, 0.2) is 5.75 Å². The van der Waals surface area contributed by atoms with Gasteiger partial charge in [0.2, 0.25) is 0 Å². The maximum absolute atomic E-state index is 10.4. The Balaban J connectivity index is 3.14. The zero-order valence-corrected chi connectivity index (χ0v) is 6.89. The average molecular weight is 184 g/mol. The summed E-state index contributed by atoms with van der Waals surface area (Å²) < 4.78 is 4.81. The Bertz CT molecular complexity index is 304. The second kappa shape index (κ2) is 3.72. The third-order valence-corrected chi connectivity index (χ3v) is 1.45. The molecule has 0 unspecified atom stereocenters. The molecule has 0 amide bonds. The van der Waals surface area contributed by atoms with E-state index < -0.39 is 4.92 Å². The van der Waals surface area contributed by atoms with E-state index >= 15 is 0 Å². The maximum atomic E-state index is 10.4. The van der Waals surface area contributed by atoms with Crippen LogP contribution < -0.4 is 15.5 Å². The first-order valence-electron chi connectivity index (χ1n) is 3.37. The number of non-ortho nitro benzene ring substituents is 1. The number of hydrogen-bond acceptors (Lipinski definition) is 5. The molecule has 1 aromatic rings. The molecule has 1 rings (SSSR count).